The molecule has 3 heterocycles. The van der Waals surface area contributed by atoms with Crippen LogP contribution in [0.3, 0.4) is 0 Å². The Morgan fingerprint density at radius 2 is 1.79 bits per heavy atom. The highest BCUT2D eigenvalue weighted by Crippen LogP contribution is 2.47. The third-order valence-corrected chi connectivity index (χ3v) is 5.81. The van der Waals surface area contributed by atoms with Gasteiger partial charge in [-0.25, -0.2) is 0 Å². The number of fused-ring (bicyclic) bond motifs is 3. The standard InChI is InChI=1S/C18H27N/c1-14(15-7-5-4-6-8-15)13-17-16-9-11-19(12-10-16)18(17,2)3/h4-8,14,16-17H,9-13H2,1-3H3/t14-,17+/m1/s1. The van der Waals surface area contributed by atoms with Crippen LogP contribution in [0, 0.1) is 11.8 Å². The largest absolute Gasteiger partial charge is 0.298 e. The maximum Gasteiger partial charge on any atom is 0.0184 e. The van der Waals surface area contributed by atoms with E-state index in [0.717, 1.165) is 11.8 Å². The summed E-state index contributed by atoms with van der Waals surface area (Å²) in [7, 11) is 0. The molecule has 0 radical (unpaired) electrons. The predicted molar refractivity (Wildman–Crippen MR) is 81.3 cm³/mol. The predicted octanol–water partition coefficient (Wildman–Crippen LogP) is 4.30. The molecule has 1 nitrogen and oxygen atoms in total. The molecule has 0 N–H and O–H groups in total. The Morgan fingerprint density at radius 1 is 1.16 bits per heavy atom. The number of rotatable bonds is 3. The molecular weight excluding hydrogens is 230 g/mol. The van der Waals surface area contributed by atoms with Crippen molar-refractivity contribution in [1.29, 1.82) is 0 Å². The normalized spacial score (nSPS) is 34.2. The lowest BCUT2D eigenvalue weighted by molar-refractivity contribution is -0.0698. The lowest BCUT2D eigenvalue weighted by Gasteiger charge is -2.57. The minimum atomic E-state index is 0.407. The van der Waals surface area contributed by atoms with Crippen molar-refractivity contribution < 1.29 is 0 Å². The maximum absolute atomic E-state index is 2.73. The van der Waals surface area contributed by atoms with Crippen molar-refractivity contribution in [3.8, 4) is 0 Å². The fraction of sp³-hybridized carbons (Fsp3) is 0.667. The molecule has 3 aliphatic heterocycles. The van der Waals surface area contributed by atoms with Crippen LogP contribution in [0.4, 0.5) is 0 Å². The summed E-state index contributed by atoms with van der Waals surface area (Å²) in [5.41, 5.74) is 1.92. The first-order chi connectivity index (χ1) is 9.09. The van der Waals surface area contributed by atoms with Crippen LogP contribution in [0.15, 0.2) is 30.3 Å². The van der Waals surface area contributed by atoms with Crippen LogP contribution >= 0.6 is 0 Å². The first-order valence-corrected chi connectivity index (χ1v) is 7.89. The second-order valence-corrected chi connectivity index (χ2v) is 7.13. The Morgan fingerprint density at radius 3 is 2.37 bits per heavy atom. The third kappa shape index (κ3) is 2.33. The number of hydrogen-bond donors (Lipinski definition) is 0. The van der Waals surface area contributed by atoms with Crippen LogP contribution < -0.4 is 0 Å². The van der Waals surface area contributed by atoms with Crippen molar-refractivity contribution >= 4 is 0 Å². The SMILES string of the molecule is C[C@H](C[C@H]1C2CCN(CC2)C1(C)C)c1ccccc1. The molecule has 19 heavy (non-hydrogen) atoms. The zero-order chi connectivity index (χ0) is 13.5. The molecule has 1 heteroatoms. The van der Waals surface area contributed by atoms with Crippen molar-refractivity contribution in [3.05, 3.63) is 35.9 Å². The Bertz CT molecular complexity index is 415. The summed E-state index contributed by atoms with van der Waals surface area (Å²) < 4.78 is 0. The van der Waals surface area contributed by atoms with Crippen molar-refractivity contribution in [2.24, 2.45) is 11.8 Å². The smallest absolute Gasteiger partial charge is 0.0184 e. The monoisotopic (exact) mass is 257 g/mol. The highest BCUT2D eigenvalue weighted by molar-refractivity contribution is 5.19. The zero-order valence-corrected chi connectivity index (χ0v) is 12.6. The second kappa shape index (κ2) is 4.94. The summed E-state index contributed by atoms with van der Waals surface area (Å²) in [5, 5.41) is 0. The summed E-state index contributed by atoms with van der Waals surface area (Å²) in [6.45, 7) is 10.0. The molecule has 1 aromatic carbocycles. The van der Waals surface area contributed by atoms with E-state index in [1.807, 2.05) is 0 Å². The number of piperidine rings is 3. The molecule has 3 aliphatic rings. The fourth-order valence-corrected chi connectivity index (χ4v) is 4.47. The molecule has 104 valence electrons. The average molecular weight is 257 g/mol. The van der Waals surface area contributed by atoms with Gasteiger partial charge < -0.3 is 0 Å². The molecule has 2 bridgehead atoms. The van der Waals surface area contributed by atoms with E-state index in [0.29, 0.717) is 11.5 Å². The van der Waals surface area contributed by atoms with Gasteiger partial charge in [-0.3, -0.25) is 4.90 Å². The third-order valence-electron chi connectivity index (χ3n) is 5.81. The van der Waals surface area contributed by atoms with Gasteiger partial charge in [-0.2, -0.15) is 0 Å². The number of benzene rings is 1. The van der Waals surface area contributed by atoms with Crippen molar-refractivity contribution in [2.45, 2.75) is 51.5 Å². The lowest BCUT2D eigenvalue weighted by Crippen LogP contribution is -2.61. The first-order valence-electron chi connectivity index (χ1n) is 7.89. The Labute approximate surface area is 118 Å². The van der Waals surface area contributed by atoms with E-state index in [4.69, 9.17) is 0 Å². The lowest BCUT2D eigenvalue weighted by atomic mass is 9.64. The minimum Gasteiger partial charge on any atom is -0.298 e. The van der Waals surface area contributed by atoms with Crippen molar-refractivity contribution in [2.75, 3.05) is 13.1 Å². The van der Waals surface area contributed by atoms with E-state index >= 15 is 0 Å². The summed E-state index contributed by atoms with van der Waals surface area (Å²) in [6.07, 6.45) is 4.20. The van der Waals surface area contributed by atoms with E-state index < -0.39 is 0 Å². The van der Waals surface area contributed by atoms with Gasteiger partial charge in [0.15, 0.2) is 0 Å². The van der Waals surface area contributed by atoms with Gasteiger partial charge in [0.2, 0.25) is 0 Å². The summed E-state index contributed by atoms with van der Waals surface area (Å²) in [5.74, 6) is 2.52. The zero-order valence-electron chi connectivity index (χ0n) is 12.6. The highest BCUT2D eigenvalue weighted by Gasteiger charge is 2.47. The summed E-state index contributed by atoms with van der Waals surface area (Å²) in [4.78, 5) is 2.73. The molecule has 0 spiro atoms. The molecule has 4 rings (SSSR count). The molecule has 0 unspecified atom stereocenters. The molecule has 3 saturated heterocycles. The van der Waals surface area contributed by atoms with Gasteiger partial charge in [-0.1, -0.05) is 37.3 Å². The molecule has 1 aromatic rings. The van der Waals surface area contributed by atoms with E-state index in [9.17, 15) is 0 Å². The maximum atomic E-state index is 2.73. The number of hydrogen-bond acceptors (Lipinski definition) is 1. The second-order valence-electron chi connectivity index (χ2n) is 7.13. The first kappa shape index (κ1) is 13.2. The molecule has 3 fully saturated rings. The molecular formula is C18H27N. The van der Waals surface area contributed by atoms with Gasteiger partial charge >= 0.3 is 0 Å². The van der Waals surface area contributed by atoms with Gasteiger partial charge in [0, 0.05) is 5.54 Å². The van der Waals surface area contributed by atoms with Gasteiger partial charge in [-0.15, -0.1) is 0 Å². The van der Waals surface area contributed by atoms with E-state index in [-0.39, 0.29) is 0 Å². The van der Waals surface area contributed by atoms with Gasteiger partial charge in [0.25, 0.3) is 0 Å². The summed E-state index contributed by atoms with van der Waals surface area (Å²) in [6, 6.07) is 11.0. The molecule has 0 aromatic heterocycles. The average Bonchev–Trinajstić information content (AvgIpc) is 2.44. The van der Waals surface area contributed by atoms with Crippen LogP contribution in [-0.2, 0) is 0 Å². The Balaban J connectivity index is 1.75. The van der Waals surface area contributed by atoms with E-state index in [2.05, 4.69) is 56.0 Å². The van der Waals surface area contributed by atoms with Crippen LogP contribution in [0.25, 0.3) is 0 Å². The molecule has 0 aliphatic carbocycles. The molecule has 0 saturated carbocycles. The quantitative estimate of drug-likeness (QED) is 0.780. The van der Waals surface area contributed by atoms with Crippen molar-refractivity contribution in [3.63, 3.8) is 0 Å². The van der Waals surface area contributed by atoms with Gasteiger partial charge in [0.05, 0.1) is 0 Å². The van der Waals surface area contributed by atoms with E-state index in [1.54, 1.807) is 0 Å². The van der Waals surface area contributed by atoms with E-state index in [1.165, 1.54) is 37.9 Å². The Hall–Kier alpha value is -0.820. The fourth-order valence-electron chi connectivity index (χ4n) is 4.47. The van der Waals surface area contributed by atoms with Crippen LogP contribution in [0.2, 0.25) is 0 Å². The molecule has 0 amide bonds. The summed E-state index contributed by atoms with van der Waals surface area (Å²) >= 11 is 0. The topological polar surface area (TPSA) is 3.24 Å². The van der Waals surface area contributed by atoms with Crippen LogP contribution in [-0.4, -0.2) is 23.5 Å². The van der Waals surface area contributed by atoms with Gasteiger partial charge in [-0.05, 0) is 69.5 Å². The highest BCUT2D eigenvalue weighted by atomic mass is 15.2. The van der Waals surface area contributed by atoms with Gasteiger partial charge in [0.1, 0.15) is 0 Å². The van der Waals surface area contributed by atoms with Crippen molar-refractivity contribution in [1.82, 2.24) is 4.90 Å². The minimum absolute atomic E-state index is 0.407. The van der Waals surface area contributed by atoms with Crippen LogP contribution in [0.1, 0.15) is 51.5 Å². The van der Waals surface area contributed by atoms with Crippen LogP contribution in [0.5, 0.6) is 0 Å². The molecule has 2 atom stereocenters. The number of nitrogens with zero attached hydrogens (tertiary/aromatic N) is 1. The Kier molecular flexibility index (Phi) is 3.42.